The summed E-state index contributed by atoms with van der Waals surface area (Å²) in [6.07, 6.45) is 3.08. The predicted octanol–water partition coefficient (Wildman–Crippen LogP) is 2.63. The highest BCUT2D eigenvalue weighted by atomic mass is 32.2. The Morgan fingerprint density at radius 2 is 2.17 bits per heavy atom. The quantitative estimate of drug-likeness (QED) is 0.778. The standard InChI is InChI=1S/C14H22N2OS/c1-10(18-3)7-8-16-14(17)11(2)12-5-4-6-13(15)9-12/h4-6,9-11H,7-8,15H2,1-3H3,(H,16,17). The number of hydrogen-bond acceptors (Lipinski definition) is 3. The number of nitrogens with one attached hydrogen (secondary N) is 1. The van der Waals surface area contributed by atoms with Gasteiger partial charge in [-0.1, -0.05) is 19.1 Å². The third-order valence-corrected chi connectivity index (χ3v) is 4.10. The molecule has 3 nitrogen and oxygen atoms in total. The van der Waals surface area contributed by atoms with Gasteiger partial charge in [-0.15, -0.1) is 0 Å². The van der Waals surface area contributed by atoms with E-state index in [1.807, 2.05) is 43.0 Å². The first kappa shape index (κ1) is 14.9. The number of carbonyl (C=O) groups is 1. The Bertz CT molecular complexity index is 395. The van der Waals surface area contributed by atoms with Crippen molar-refractivity contribution in [3.63, 3.8) is 0 Å². The molecule has 0 saturated heterocycles. The molecule has 3 N–H and O–H groups in total. The molecule has 1 aromatic rings. The topological polar surface area (TPSA) is 55.1 Å². The number of amides is 1. The molecule has 1 amide bonds. The molecule has 0 aliphatic heterocycles. The van der Waals surface area contributed by atoms with Crippen LogP contribution in [0.3, 0.4) is 0 Å². The zero-order chi connectivity index (χ0) is 13.5. The molecule has 2 unspecified atom stereocenters. The minimum atomic E-state index is -0.155. The minimum absolute atomic E-state index is 0.0638. The molecule has 18 heavy (non-hydrogen) atoms. The maximum atomic E-state index is 12.0. The lowest BCUT2D eigenvalue weighted by molar-refractivity contribution is -0.122. The van der Waals surface area contributed by atoms with Crippen LogP contribution in [0.15, 0.2) is 24.3 Å². The molecule has 0 fully saturated rings. The Hall–Kier alpha value is -1.16. The molecule has 1 rings (SSSR count). The number of hydrogen-bond donors (Lipinski definition) is 2. The molecule has 0 aliphatic carbocycles. The summed E-state index contributed by atoms with van der Waals surface area (Å²) in [6, 6.07) is 7.50. The zero-order valence-electron chi connectivity index (χ0n) is 11.3. The monoisotopic (exact) mass is 266 g/mol. The fraction of sp³-hybridized carbons (Fsp3) is 0.500. The van der Waals surface area contributed by atoms with Crippen LogP contribution in [-0.4, -0.2) is 24.0 Å². The van der Waals surface area contributed by atoms with Gasteiger partial charge in [0, 0.05) is 17.5 Å². The predicted molar refractivity (Wildman–Crippen MR) is 79.9 cm³/mol. The van der Waals surface area contributed by atoms with Crippen molar-refractivity contribution in [3.05, 3.63) is 29.8 Å². The maximum absolute atomic E-state index is 12.0. The highest BCUT2D eigenvalue weighted by molar-refractivity contribution is 7.99. The van der Waals surface area contributed by atoms with E-state index in [2.05, 4.69) is 18.5 Å². The molecular formula is C14H22N2OS. The van der Waals surface area contributed by atoms with Crippen molar-refractivity contribution in [2.45, 2.75) is 31.4 Å². The second kappa shape index (κ2) is 7.31. The summed E-state index contributed by atoms with van der Waals surface area (Å²) in [5, 5.41) is 3.55. The first-order valence-electron chi connectivity index (χ1n) is 6.20. The second-order valence-corrected chi connectivity index (χ2v) is 5.79. The van der Waals surface area contributed by atoms with Gasteiger partial charge in [0.1, 0.15) is 0 Å². The van der Waals surface area contributed by atoms with Crippen LogP contribution in [0.4, 0.5) is 5.69 Å². The van der Waals surface area contributed by atoms with Crippen molar-refractivity contribution in [1.82, 2.24) is 5.32 Å². The third kappa shape index (κ3) is 4.61. The number of nitrogens with two attached hydrogens (primary N) is 1. The van der Waals surface area contributed by atoms with E-state index in [0.717, 1.165) is 18.5 Å². The molecule has 0 aliphatic rings. The van der Waals surface area contributed by atoms with Crippen LogP contribution in [0.5, 0.6) is 0 Å². The first-order valence-corrected chi connectivity index (χ1v) is 7.49. The summed E-state index contributed by atoms with van der Waals surface area (Å²) >= 11 is 1.82. The Morgan fingerprint density at radius 3 is 2.78 bits per heavy atom. The molecule has 0 radical (unpaired) electrons. The van der Waals surface area contributed by atoms with Gasteiger partial charge in [-0.3, -0.25) is 4.79 Å². The minimum Gasteiger partial charge on any atom is -0.399 e. The lowest BCUT2D eigenvalue weighted by Crippen LogP contribution is -2.30. The van der Waals surface area contributed by atoms with Gasteiger partial charge in [0.05, 0.1) is 5.92 Å². The third-order valence-electron chi connectivity index (χ3n) is 3.06. The van der Waals surface area contributed by atoms with E-state index in [1.54, 1.807) is 0 Å². The number of carbonyl (C=O) groups excluding carboxylic acids is 1. The molecule has 2 atom stereocenters. The van der Waals surface area contributed by atoms with E-state index in [0.29, 0.717) is 10.9 Å². The fourth-order valence-corrected chi connectivity index (χ4v) is 2.00. The Balaban J connectivity index is 2.46. The molecule has 0 spiro atoms. The SMILES string of the molecule is CSC(C)CCNC(=O)C(C)c1cccc(N)c1. The van der Waals surface area contributed by atoms with Gasteiger partial charge >= 0.3 is 0 Å². The molecule has 0 heterocycles. The fourth-order valence-electron chi connectivity index (χ4n) is 1.65. The summed E-state index contributed by atoms with van der Waals surface area (Å²) in [5.74, 6) is -0.0908. The van der Waals surface area contributed by atoms with E-state index in [9.17, 15) is 4.79 Å². The summed E-state index contributed by atoms with van der Waals surface area (Å²) in [6.45, 7) is 4.80. The molecular weight excluding hydrogens is 244 g/mol. The van der Waals surface area contributed by atoms with Crippen molar-refractivity contribution in [2.24, 2.45) is 0 Å². The van der Waals surface area contributed by atoms with E-state index in [1.165, 1.54) is 0 Å². The number of nitrogen functional groups attached to an aromatic ring is 1. The van der Waals surface area contributed by atoms with Crippen LogP contribution in [0, 0.1) is 0 Å². The highest BCUT2D eigenvalue weighted by Gasteiger charge is 2.14. The number of benzene rings is 1. The molecule has 0 bridgehead atoms. The molecule has 0 saturated carbocycles. The largest absolute Gasteiger partial charge is 0.399 e. The van der Waals surface area contributed by atoms with Crippen molar-refractivity contribution in [1.29, 1.82) is 0 Å². The van der Waals surface area contributed by atoms with E-state index in [4.69, 9.17) is 5.73 Å². The van der Waals surface area contributed by atoms with Crippen molar-refractivity contribution in [2.75, 3.05) is 18.5 Å². The van der Waals surface area contributed by atoms with Crippen molar-refractivity contribution < 1.29 is 4.79 Å². The Labute approximate surface area is 114 Å². The molecule has 4 heteroatoms. The van der Waals surface area contributed by atoms with Gasteiger partial charge in [0.2, 0.25) is 5.91 Å². The van der Waals surface area contributed by atoms with E-state index in [-0.39, 0.29) is 11.8 Å². The normalized spacial score (nSPS) is 13.9. The summed E-state index contributed by atoms with van der Waals surface area (Å²) in [5.41, 5.74) is 7.38. The lowest BCUT2D eigenvalue weighted by atomic mass is 10.00. The lowest BCUT2D eigenvalue weighted by Gasteiger charge is -2.14. The average Bonchev–Trinajstić information content (AvgIpc) is 2.37. The van der Waals surface area contributed by atoms with Gasteiger partial charge in [-0.2, -0.15) is 11.8 Å². The van der Waals surface area contributed by atoms with Gasteiger partial charge in [0.25, 0.3) is 0 Å². The summed E-state index contributed by atoms with van der Waals surface area (Å²) in [4.78, 5) is 12.0. The molecule has 0 aromatic heterocycles. The van der Waals surface area contributed by atoms with Gasteiger partial charge in [0.15, 0.2) is 0 Å². The van der Waals surface area contributed by atoms with Gasteiger partial charge in [-0.05, 0) is 37.3 Å². The van der Waals surface area contributed by atoms with Crippen LogP contribution in [-0.2, 0) is 4.79 Å². The first-order chi connectivity index (χ1) is 8.54. The molecule has 1 aromatic carbocycles. The van der Waals surface area contributed by atoms with Crippen LogP contribution in [0.25, 0.3) is 0 Å². The maximum Gasteiger partial charge on any atom is 0.227 e. The molecule has 100 valence electrons. The van der Waals surface area contributed by atoms with Crippen molar-refractivity contribution in [3.8, 4) is 0 Å². The van der Waals surface area contributed by atoms with Gasteiger partial charge in [-0.25, -0.2) is 0 Å². The Morgan fingerprint density at radius 1 is 1.44 bits per heavy atom. The average molecular weight is 266 g/mol. The summed E-state index contributed by atoms with van der Waals surface area (Å²) in [7, 11) is 0. The summed E-state index contributed by atoms with van der Waals surface area (Å²) < 4.78 is 0. The van der Waals surface area contributed by atoms with Crippen LogP contribution in [0.2, 0.25) is 0 Å². The number of thioether (sulfide) groups is 1. The Kier molecular flexibility index (Phi) is 6.05. The number of anilines is 1. The van der Waals surface area contributed by atoms with Crippen LogP contribution >= 0.6 is 11.8 Å². The highest BCUT2D eigenvalue weighted by Crippen LogP contribution is 2.18. The van der Waals surface area contributed by atoms with Crippen LogP contribution in [0.1, 0.15) is 31.7 Å². The van der Waals surface area contributed by atoms with Crippen LogP contribution < -0.4 is 11.1 Å². The smallest absolute Gasteiger partial charge is 0.227 e. The zero-order valence-corrected chi connectivity index (χ0v) is 12.1. The second-order valence-electron chi connectivity index (χ2n) is 4.52. The van der Waals surface area contributed by atoms with Crippen molar-refractivity contribution >= 4 is 23.4 Å². The van der Waals surface area contributed by atoms with Gasteiger partial charge < -0.3 is 11.1 Å². The van der Waals surface area contributed by atoms with E-state index >= 15 is 0 Å². The van der Waals surface area contributed by atoms with E-state index < -0.39 is 0 Å². The number of rotatable bonds is 6.